The molecule has 2 aromatic carbocycles. The SMILES string of the molecule is CCOC[C@@H]1CCCN1Cc1ccc(OC)c2cccc(OC)c12. The Morgan fingerprint density at radius 1 is 1.08 bits per heavy atom. The molecule has 1 fully saturated rings. The quantitative estimate of drug-likeness (QED) is 0.772. The Hall–Kier alpha value is -1.78. The van der Waals surface area contributed by atoms with Crippen LogP contribution in [0.3, 0.4) is 0 Å². The summed E-state index contributed by atoms with van der Waals surface area (Å²) in [4.78, 5) is 2.53. The lowest BCUT2D eigenvalue weighted by Crippen LogP contribution is -2.32. The average molecular weight is 329 g/mol. The monoisotopic (exact) mass is 329 g/mol. The molecule has 0 saturated carbocycles. The van der Waals surface area contributed by atoms with Crippen molar-refractivity contribution in [2.24, 2.45) is 0 Å². The third-order valence-corrected chi connectivity index (χ3v) is 4.88. The fourth-order valence-corrected chi connectivity index (χ4v) is 3.66. The van der Waals surface area contributed by atoms with Crippen LogP contribution in [0.4, 0.5) is 0 Å². The largest absolute Gasteiger partial charge is 0.496 e. The highest BCUT2D eigenvalue weighted by molar-refractivity contribution is 5.95. The van der Waals surface area contributed by atoms with Crippen molar-refractivity contribution in [3.8, 4) is 11.5 Å². The van der Waals surface area contributed by atoms with E-state index in [0.717, 1.165) is 48.6 Å². The van der Waals surface area contributed by atoms with E-state index in [-0.39, 0.29) is 0 Å². The number of methoxy groups -OCH3 is 2. The molecule has 24 heavy (non-hydrogen) atoms. The zero-order chi connectivity index (χ0) is 16.9. The molecule has 0 aromatic heterocycles. The molecule has 2 aromatic rings. The Morgan fingerprint density at radius 3 is 2.67 bits per heavy atom. The van der Waals surface area contributed by atoms with Crippen molar-refractivity contribution in [1.29, 1.82) is 0 Å². The van der Waals surface area contributed by atoms with Crippen LogP contribution in [0.15, 0.2) is 30.3 Å². The topological polar surface area (TPSA) is 30.9 Å². The van der Waals surface area contributed by atoms with Crippen LogP contribution >= 0.6 is 0 Å². The van der Waals surface area contributed by atoms with Crippen molar-refractivity contribution in [3.63, 3.8) is 0 Å². The summed E-state index contributed by atoms with van der Waals surface area (Å²) in [6.07, 6.45) is 2.45. The van der Waals surface area contributed by atoms with Crippen molar-refractivity contribution >= 4 is 10.8 Å². The Kier molecular flexibility index (Phi) is 5.59. The number of fused-ring (bicyclic) bond motifs is 1. The number of likely N-dealkylation sites (tertiary alicyclic amines) is 1. The Labute approximate surface area is 144 Å². The Bertz CT molecular complexity index is 686. The standard InChI is InChI=1S/C20H27NO3/c1-4-24-14-16-7-6-12-21(16)13-15-10-11-18(22-2)17-8-5-9-19(23-3)20(15)17/h5,8-11,16H,4,6-7,12-14H2,1-3H3/t16-/m0/s1. The molecule has 0 spiro atoms. The molecule has 1 atom stereocenters. The smallest absolute Gasteiger partial charge is 0.127 e. The molecule has 0 aliphatic carbocycles. The highest BCUT2D eigenvalue weighted by Crippen LogP contribution is 2.36. The molecule has 1 heterocycles. The second kappa shape index (κ2) is 7.86. The molecule has 4 nitrogen and oxygen atoms in total. The van der Waals surface area contributed by atoms with Gasteiger partial charge < -0.3 is 14.2 Å². The highest BCUT2D eigenvalue weighted by atomic mass is 16.5. The first-order chi connectivity index (χ1) is 11.8. The van der Waals surface area contributed by atoms with Gasteiger partial charge in [-0.3, -0.25) is 4.90 Å². The van der Waals surface area contributed by atoms with Gasteiger partial charge in [0.15, 0.2) is 0 Å². The molecule has 0 amide bonds. The number of rotatable bonds is 7. The van der Waals surface area contributed by atoms with Crippen LogP contribution in [0.25, 0.3) is 10.8 Å². The van der Waals surface area contributed by atoms with Crippen LogP contribution in [0.1, 0.15) is 25.3 Å². The molecule has 0 N–H and O–H groups in total. The van der Waals surface area contributed by atoms with Crippen LogP contribution in [0.2, 0.25) is 0 Å². The lowest BCUT2D eigenvalue weighted by atomic mass is 10.0. The Balaban J connectivity index is 1.94. The van der Waals surface area contributed by atoms with Gasteiger partial charge in [-0.25, -0.2) is 0 Å². The maximum absolute atomic E-state index is 5.67. The summed E-state index contributed by atoms with van der Waals surface area (Å²) < 4.78 is 16.8. The van der Waals surface area contributed by atoms with Gasteiger partial charge >= 0.3 is 0 Å². The number of hydrogen-bond acceptors (Lipinski definition) is 4. The van der Waals surface area contributed by atoms with E-state index >= 15 is 0 Å². The van der Waals surface area contributed by atoms with Crippen molar-refractivity contribution in [2.45, 2.75) is 32.4 Å². The molecule has 1 aliphatic rings. The van der Waals surface area contributed by atoms with Crippen molar-refractivity contribution in [3.05, 3.63) is 35.9 Å². The molecule has 4 heteroatoms. The summed E-state index contributed by atoms with van der Waals surface area (Å²) in [5.74, 6) is 1.79. The minimum absolute atomic E-state index is 0.511. The van der Waals surface area contributed by atoms with E-state index in [2.05, 4.69) is 30.0 Å². The predicted octanol–water partition coefficient (Wildman–Crippen LogP) is 3.86. The van der Waals surface area contributed by atoms with Crippen molar-refractivity contribution < 1.29 is 14.2 Å². The van der Waals surface area contributed by atoms with Crippen LogP contribution in [-0.4, -0.2) is 44.9 Å². The summed E-state index contributed by atoms with van der Waals surface area (Å²) in [5.41, 5.74) is 1.28. The fourth-order valence-electron chi connectivity index (χ4n) is 3.66. The second-order valence-corrected chi connectivity index (χ2v) is 6.24. The number of hydrogen-bond donors (Lipinski definition) is 0. The molecule has 1 saturated heterocycles. The molecular formula is C20H27NO3. The maximum atomic E-state index is 5.67. The molecule has 0 unspecified atom stereocenters. The van der Waals surface area contributed by atoms with Gasteiger partial charge in [-0.15, -0.1) is 0 Å². The minimum atomic E-state index is 0.511. The third kappa shape index (κ3) is 3.35. The van der Waals surface area contributed by atoms with Crippen LogP contribution in [0, 0.1) is 0 Å². The number of benzene rings is 2. The zero-order valence-corrected chi connectivity index (χ0v) is 14.9. The molecule has 0 radical (unpaired) electrons. The number of nitrogens with zero attached hydrogens (tertiary/aromatic N) is 1. The second-order valence-electron chi connectivity index (χ2n) is 6.24. The van der Waals surface area contributed by atoms with Crippen molar-refractivity contribution in [1.82, 2.24) is 4.90 Å². The third-order valence-electron chi connectivity index (χ3n) is 4.88. The van der Waals surface area contributed by atoms with Gasteiger partial charge in [0.1, 0.15) is 11.5 Å². The lowest BCUT2D eigenvalue weighted by Gasteiger charge is -2.25. The van der Waals surface area contributed by atoms with Gasteiger partial charge in [0.25, 0.3) is 0 Å². The van der Waals surface area contributed by atoms with Crippen molar-refractivity contribution in [2.75, 3.05) is 34.0 Å². The van der Waals surface area contributed by atoms with E-state index < -0.39 is 0 Å². The fraction of sp³-hybridized carbons (Fsp3) is 0.500. The molecular weight excluding hydrogens is 302 g/mol. The van der Waals surface area contributed by atoms with Gasteiger partial charge in [-0.1, -0.05) is 18.2 Å². The van der Waals surface area contributed by atoms with Gasteiger partial charge in [-0.05, 0) is 44.0 Å². The van der Waals surface area contributed by atoms with Gasteiger partial charge in [0, 0.05) is 30.0 Å². The lowest BCUT2D eigenvalue weighted by molar-refractivity contribution is 0.0825. The van der Waals surface area contributed by atoms with E-state index in [9.17, 15) is 0 Å². The van der Waals surface area contributed by atoms with Gasteiger partial charge in [0.2, 0.25) is 0 Å². The van der Waals surface area contributed by atoms with E-state index in [4.69, 9.17) is 14.2 Å². The summed E-state index contributed by atoms with van der Waals surface area (Å²) in [7, 11) is 3.44. The first-order valence-electron chi connectivity index (χ1n) is 8.72. The molecule has 130 valence electrons. The molecule has 3 rings (SSSR count). The van der Waals surface area contributed by atoms with Crippen LogP contribution < -0.4 is 9.47 Å². The van der Waals surface area contributed by atoms with Gasteiger partial charge in [0.05, 0.1) is 20.8 Å². The molecule has 0 bridgehead atoms. The first-order valence-corrected chi connectivity index (χ1v) is 8.72. The summed E-state index contributed by atoms with van der Waals surface area (Å²) in [6, 6.07) is 10.9. The van der Waals surface area contributed by atoms with E-state index in [1.54, 1.807) is 14.2 Å². The van der Waals surface area contributed by atoms with Gasteiger partial charge in [-0.2, -0.15) is 0 Å². The van der Waals surface area contributed by atoms with E-state index in [1.807, 2.05) is 12.1 Å². The normalized spacial score (nSPS) is 18.2. The van der Waals surface area contributed by atoms with E-state index in [1.165, 1.54) is 18.4 Å². The maximum Gasteiger partial charge on any atom is 0.127 e. The Morgan fingerprint density at radius 2 is 1.92 bits per heavy atom. The summed E-state index contributed by atoms with van der Waals surface area (Å²) >= 11 is 0. The highest BCUT2D eigenvalue weighted by Gasteiger charge is 2.25. The minimum Gasteiger partial charge on any atom is -0.496 e. The summed E-state index contributed by atoms with van der Waals surface area (Å²) in [5, 5.41) is 2.26. The van der Waals surface area contributed by atoms with Crippen LogP contribution in [-0.2, 0) is 11.3 Å². The predicted molar refractivity (Wildman–Crippen MR) is 97.0 cm³/mol. The number of ether oxygens (including phenoxy) is 3. The first kappa shape index (κ1) is 17.1. The molecule has 1 aliphatic heterocycles. The van der Waals surface area contributed by atoms with Crippen LogP contribution in [0.5, 0.6) is 11.5 Å². The zero-order valence-electron chi connectivity index (χ0n) is 14.9. The summed E-state index contributed by atoms with van der Waals surface area (Å²) in [6.45, 7) is 5.70. The average Bonchev–Trinajstić information content (AvgIpc) is 3.06. The van der Waals surface area contributed by atoms with E-state index in [0.29, 0.717) is 6.04 Å².